The van der Waals surface area contributed by atoms with Crippen molar-refractivity contribution in [1.29, 1.82) is 0 Å². The van der Waals surface area contributed by atoms with Gasteiger partial charge in [-0.15, -0.1) is 0 Å². The first-order valence-corrected chi connectivity index (χ1v) is 14.8. The quantitative estimate of drug-likeness (QED) is 0.133. The van der Waals surface area contributed by atoms with E-state index in [9.17, 15) is 4.79 Å². The number of hydrogen-bond acceptors (Lipinski definition) is 5. The summed E-state index contributed by atoms with van der Waals surface area (Å²) >= 11 is 0. The van der Waals surface area contributed by atoms with E-state index in [1.807, 2.05) is 13.8 Å². The molecular weight excluding hydrogens is 454 g/mol. The Hall–Kier alpha value is -0.850. The highest BCUT2D eigenvalue weighted by Gasteiger charge is 2.14. The van der Waals surface area contributed by atoms with E-state index in [0.29, 0.717) is 38.0 Å². The van der Waals surface area contributed by atoms with Crippen LogP contribution in [0.4, 0.5) is 4.79 Å². The van der Waals surface area contributed by atoms with Gasteiger partial charge in [-0.2, -0.15) is 0 Å². The van der Waals surface area contributed by atoms with Gasteiger partial charge in [0.05, 0.1) is 18.8 Å². The fourth-order valence-electron chi connectivity index (χ4n) is 3.46. The zero-order valence-corrected chi connectivity index (χ0v) is 25.2. The third-order valence-corrected chi connectivity index (χ3v) is 6.33. The van der Waals surface area contributed by atoms with Gasteiger partial charge in [0.2, 0.25) is 0 Å². The number of ether oxygens (including phenoxy) is 3. The average molecular weight is 520 g/mol. The highest BCUT2D eigenvalue weighted by atomic mass is 16.5. The Bertz CT molecular complexity index is 463. The number of amides is 1. The van der Waals surface area contributed by atoms with Gasteiger partial charge in [0, 0.05) is 28.3 Å². The molecule has 0 radical (unpaired) electrons. The number of alkyl carbamates (subject to hydrolysis) is 1. The van der Waals surface area contributed by atoms with Crippen LogP contribution in [0.5, 0.6) is 0 Å². The van der Waals surface area contributed by atoms with Gasteiger partial charge < -0.3 is 24.6 Å². The minimum absolute atomic E-state index is 0. The molecule has 1 amide bonds. The third-order valence-electron chi connectivity index (χ3n) is 6.33. The molecule has 0 aliphatic heterocycles. The summed E-state index contributed by atoms with van der Waals surface area (Å²) in [5.74, 6) is 0.871. The van der Waals surface area contributed by atoms with Crippen LogP contribution >= 0.6 is 0 Å². The molecule has 6 heteroatoms. The zero-order chi connectivity index (χ0) is 27.5. The minimum atomic E-state index is -0.312. The fourth-order valence-corrected chi connectivity index (χ4v) is 3.46. The number of rotatable bonds is 23. The van der Waals surface area contributed by atoms with Crippen molar-refractivity contribution in [1.82, 2.24) is 5.32 Å². The molecule has 0 rings (SSSR count). The van der Waals surface area contributed by atoms with Crippen LogP contribution < -0.4 is 5.32 Å². The number of unbranched alkanes of at least 4 members (excludes halogenated alkanes) is 11. The van der Waals surface area contributed by atoms with Gasteiger partial charge >= 0.3 is 6.09 Å². The fraction of sp³-hybridized carbons (Fsp3) is 0.967. The summed E-state index contributed by atoms with van der Waals surface area (Å²) in [6.45, 7) is 15.3. The van der Waals surface area contributed by atoms with Crippen LogP contribution in [0, 0.1) is 11.8 Å². The predicted molar refractivity (Wildman–Crippen MR) is 155 cm³/mol. The van der Waals surface area contributed by atoms with Crippen LogP contribution in [0.25, 0.3) is 0 Å². The Labute approximate surface area is 226 Å². The van der Waals surface area contributed by atoms with E-state index < -0.39 is 0 Å². The van der Waals surface area contributed by atoms with E-state index in [1.54, 1.807) is 7.11 Å². The van der Waals surface area contributed by atoms with Gasteiger partial charge in [-0.3, -0.25) is 0 Å². The summed E-state index contributed by atoms with van der Waals surface area (Å²) in [4.78, 5) is 11.6. The van der Waals surface area contributed by atoms with Crippen LogP contribution in [0.3, 0.4) is 0 Å². The lowest BCUT2D eigenvalue weighted by Gasteiger charge is -2.20. The van der Waals surface area contributed by atoms with Crippen molar-refractivity contribution in [3.8, 4) is 0 Å². The highest BCUT2D eigenvalue weighted by Crippen LogP contribution is 2.12. The largest absolute Gasteiger partial charge is 0.450 e. The number of carbonyl (C=O) groups excluding carboxylic acids is 1. The molecule has 36 heavy (non-hydrogen) atoms. The molecular formula is C30H65NO5. The van der Waals surface area contributed by atoms with Crippen molar-refractivity contribution in [2.24, 2.45) is 11.8 Å². The maximum atomic E-state index is 11.6. The predicted octanol–water partition coefficient (Wildman–Crippen LogP) is 8.15. The second kappa shape index (κ2) is 27.2. The first-order valence-electron chi connectivity index (χ1n) is 14.8. The van der Waals surface area contributed by atoms with Crippen molar-refractivity contribution in [2.45, 2.75) is 137 Å². The van der Waals surface area contributed by atoms with Crippen LogP contribution in [0.1, 0.15) is 133 Å². The van der Waals surface area contributed by atoms with Gasteiger partial charge in [0.1, 0.15) is 0 Å². The molecule has 0 heterocycles. The molecule has 0 fully saturated rings. The van der Waals surface area contributed by atoms with Crippen LogP contribution in [0.2, 0.25) is 0 Å². The Morgan fingerprint density at radius 2 is 1.42 bits per heavy atom. The van der Waals surface area contributed by atoms with Crippen molar-refractivity contribution >= 4 is 6.09 Å². The highest BCUT2D eigenvalue weighted by molar-refractivity contribution is 5.67. The Morgan fingerprint density at radius 3 is 1.86 bits per heavy atom. The summed E-state index contributed by atoms with van der Waals surface area (Å²) in [6.07, 6.45) is 17.7. The van der Waals surface area contributed by atoms with Crippen molar-refractivity contribution in [3.63, 3.8) is 0 Å². The molecule has 0 aliphatic rings. The van der Waals surface area contributed by atoms with Crippen LogP contribution in [0.15, 0.2) is 0 Å². The van der Waals surface area contributed by atoms with Gasteiger partial charge in [0.25, 0.3) is 0 Å². The summed E-state index contributed by atoms with van der Waals surface area (Å²) in [7, 11) is 1.65. The minimum Gasteiger partial charge on any atom is -0.450 e. The Balaban J connectivity index is -0.00000110. The first kappa shape index (κ1) is 37.3. The Kier molecular flexibility index (Phi) is 28.2. The van der Waals surface area contributed by atoms with Gasteiger partial charge in [0.15, 0.2) is 0 Å². The third kappa shape index (κ3) is 31.2. The van der Waals surface area contributed by atoms with E-state index in [1.165, 1.54) is 70.6 Å². The summed E-state index contributed by atoms with van der Waals surface area (Å²) < 4.78 is 15.9. The van der Waals surface area contributed by atoms with Gasteiger partial charge in [-0.1, -0.05) is 98.3 Å². The number of nitrogens with one attached hydrogen (secondary N) is 1. The lowest BCUT2D eigenvalue weighted by Crippen LogP contribution is -2.31. The number of aliphatic hydroxyl groups excluding tert-OH is 1. The van der Waals surface area contributed by atoms with E-state index >= 15 is 0 Å². The van der Waals surface area contributed by atoms with E-state index in [-0.39, 0.29) is 19.7 Å². The average Bonchev–Trinajstić information content (AvgIpc) is 2.83. The molecule has 0 saturated carbocycles. The maximum Gasteiger partial charge on any atom is 0.407 e. The number of methoxy groups -OCH3 is 1. The molecule has 220 valence electrons. The zero-order valence-electron chi connectivity index (χ0n) is 25.2. The molecule has 2 N–H and O–H groups in total. The molecule has 1 unspecified atom stereocenters. The van der Waals surface area contributed by atoms with Crippen molar-refractivity contribution < 1.29 is 25.5 Å². The lowest BCUT2D eigenvalue weighted by atomic mass is 10.1. The molecule has 0 spiro atoms. The molecule has 0 saturated heterocycles. The molecule has 0 aromatic heterocycles. The molecule has 1 atom stereocenters. The van der Waals surface area contributed by atoms with E-state index in [0.717, 1.165) is 19.4 Å². The maximum absolute atomic E-state index is 11.6. The second-order valence-electron chi connectivity index (χ2n) is 11.2. The lowest BCUT2D eigenvalue weighted by molar-refractivity contribution is 0.00292. The first-order chi connectivity index (χ1) is 17.2. The monoisotopic (exact) mass is 519 g/mol. The molecule has 0 bridgehead atoms. The van der Waals surface area contributed by atoms with E-state index in [2.05, 4.69) is 33.0 Å². The SMILES string of the molecule is CCCCCCCCCCCCCCOCC(C)CNC(=O)OCCC(C)C.COC(C)(C)CCO.[HH]. The summed E-state index contributed by atoms with van der Waals surface area (Å²) in [5.41, 5.74) is -0.158. The number of hydrogen-bond donors (Lipinski definition) is 2. The van der Waals surface area contributed by atoms with E-state index in [4.69, 9.17) is 19.3 Å². The molecule has 0 aromatic carbocycles. The van der Waals surface area contributed by atoms with Gasteiger partial charge in [-0.25, -0.2) is 4.79 Å². The van der Waals surface area contributed by atoms with Crippen LogP contribution in [-0.2, 0) is 14.2 Å². The topological polar surface area (TPSA) is 77.0 Å². The Morgan fingerprint density at radius 1 is 0.889 bits per heavy atom. The molecule has 6 nitrogen and oxygen atoms in total. The summed E-state index contributed by atoms with van der Waals surface area (Å²) in [6, 6.07) is 0. The van der Waals surface area contributed by atoms with Crippen LogP contribution in [-0.4, -0.2) is 56.9 Å². The second-order valence-corrected chi connectivity index (χ2v) is 11.2. The number of carbonyl (C=O) groups is 1. The van der Waals surface area contributed by atoms with Crippen molar-refractivity contribution in [3.05, 3.63) is 0 Å². The molecule has 0 aromatic rings. The van der Waals surface area contributed by atoms with Crippen molar-refractivity contribution in [2.75, 3.05) is 40.1 Å². The van der Waals surface area contributed by atoms with Gasteiger partial charge in [-0.05, 0) is 44.9 Å². The number of aliphatic hydroxyl groups is 1. The molecule has 0 aliphatic carbocycles. The normalized spacial score (nSPS) is 12.2. The summed E-state index contributed by atoms with van der Waals surface area (Å²) in [5, 5.41) is 11.3. The smallest absolute Gasteiger partial charge is 0.407 e. The standard InChI is InChI=1S/C24H49NO3.C6H14O2.H2/c1-5-6-7-8-9-10-11-12-13-14-15-16-18-27-21-23(4)20-25-24(26)28-19-17-22(2)3;1-6(2,8-3)4-5-7;/h22-23H,5-21H2,1-4H3,(H,25,26);7H,4-5H2,1-3H3;1H.